The summed E-state index contributed by atoms with van der Waals surface area (Å²) in [6.07, 6.45) is 18.8. The van der Waals surface area contributed by atoms with E-state index in [9.17, 15) is 24.0 Å². The van der Waals surface area contributed by atoms with Crippen molar-refractivity contribution in [3.63, 3.8) is 0 Å². The van der Waals surface area contributed by atoms with Gasteiger partial charge in [-0.3, -0.25) is 49.6 Å². The van der Waals surface area contributed by atoms with Gasteiger partial charge in [0.15, 0.2) is 12.6 Å². The van der Waals surface area contributed by atoms with Crippen LogP contribution < -0.4 is 45.9 Å². The predicted molar refractivity (Wildman–Crippen MR) is 213 cm³/mol. The van der Waals surface area contributed by atoms with Gasteiger partial charge in [-0.1, -0.05) is 22.3 Å². The smallest absolute Gasteiger partial charge is 1.00 e. The van der Waals surface area contributed by atoms with Gasteiger partial charge in [0.25, 0.3) is 17.1 Å². The predicted octanol–water partition coefficient (Wildman–Crippen LogP) is 1.53. The van der Waals surface area contributed by atoms with Gasteiger partial charge in [0.2, 0.25) is 17.8 Å². The fraction of sp³-hybridized carbons (Fsp3) is 0.111. The number of nitrogens with zero attached hydrogens (tertiary/aromatic N) is 9. The Kier molecular flexibility index (Phi) is 30.0. The van der Waals surface area contributed by atoms with E-state index in [0.29, 0.717) is 46.0 Å². The van der Waals surface area contributed by atoms with Crippen LogP contribution in [0.1, 0.15) is 81.1 Å². The molecule has 0 spiro atoms. The van der Waals surface area contributed by atoms with E-state index < -0.39 is 5.24 Å². The quantitative estimate of drug-likeness (QED) is 0.0965. The van der Waals surface area contributed by atoms with Gasteiger partial charge in [-0.25, -0.2) is 29.9 Å². The molecule has 0 saturated heterocycles. The summed E-state index contributed by atoms with van der Waals surface area (Å²) in [5.74, 6) is -0.0996. The number of amides is 2. The van der Waals surface area contributed by atoms with E-state index in [1.165, 1.54) is 74.4 Å². The van der Waals surface area contributed by atoms with E-state index in [2.05, 4.69) is 55.5 Å². The van der Waals surface area contributed by atoms with Crippen LogP contribution in [0.2, 0.25) is 0 Å². The van der Waals surface area contributed by atoms with Crippen molar-refractivity contribution in [2.75, 3.05) is 16.4 Å². The molecule has 291 valence electrons. The Labute approximate surface area is 360 Å². The Morgan fingerprint density at radius 2 is 0.930 bits per heavy atom. The van der Waals surface area contributed by atoms with Gasteiger partial charge in [0, 0.05) is 105 Å². The van der Waals surface area contributed by atoms with E-state index in [4.69, 9.17) is 22.4 Å². The zero-order valence-electron chi connectivity index (χ0n) is 29.3. The van der Waals surface area contributed by atoms with Crippen LogP contribution in [-0.2, 0) is 6.61 Å². The van der Waals surface area contributed by atoms with Crippen molar-refractivity contribution in [2.24, 2.45) is 0 Å². The van der Waals surface area contributed by atoms with Gasteiger partial charge < -0.3 is 12.3 Å². The van der Waals surface area contributed by atoms with Crippen LogP contribution in [0.5, 0.6) is 0 Å². The van der Waals surface area contributed by atoms with Crippen molar-refractivity contribution in [1.82, 2.24) is 44.9 Å². The SMILES string of the molecule is C.C.C.Nc1ncc(C=O)cn1.O=C(Cl)c1ccncc1.O=C(Nc1ncc(CO)cn1)c1ccncc1.O=Cc1cnc(NC(=O)c2ccncc2)nc1.[B].[H-].[Na+]. The first kappa shape index (κ1) is 55.1. The van der Waals surface area contributed by atoms with Crippen molar-refractivity contribution in [3.8, 4) is 0 Å². The number of hydrogen-bond acceptors (Lipinski definition) is 16. The molecule has 21 heteroatoms. The molecule has 0 saturated carbocycles. The van der Waals surface area contributed by atoms with E-state index >= 15 is 0 Å². The molecular weight excluding hydrogens is 766 g/mol. The second kappa shape index (κ2) is 31.0. The van der Waals surface area contributed by atoms with Crippen LogP contribution in [0.3, 0.4) is 0 Å². The second-order valence-electron chi connectivity index (χ2n) is 9.41. The summed E-state index contributed by atoms with van der Waals surface area (Å²) in [6.45, 7) is -0.126. The number of rotatable bonds is 8. The summed E-state index contributed by atoms with van der Waals surface area (Å²) in [6, 6.07) is 9.48. The van der Waals surface area contributed by atoms with Crippen molar-refractivity contribution in [3.05, 3.63) is 144 Å². The molecular formula is C36H40BClN12NaO6. The van der Waals surface area contributed by atoms with E-state index in [-0.39, 0.29) is 97.9 Å². The summed E-state index contributed by atoms with van der Waals surface area (Å²) in [5, 5.41) is 13.4. The third-order valence-corrected chi connectivity index (χ3v) is 5.98. The maximum absolute atomic E-state index is 11.7. The van der Waals surface area contributed by atoms with Gasteiger partial charge in [-0.15, -0.1) is 0 Å². The Morgan fingerprint density at radius 1 is 0.614 bits per heavy atom. The standard InChI is InChI=1S/C11H10N4O2.C11H8N4O2.C6H4ClNO.C5H5N3O.3CH4.B.Na.H/c2*16-7-8-5-13-11(14-6-8)15-10(17)9-1-3-12-4-2-9;7-6(9)5-1-3-8-4-2-5;6-5-7-1-4(3-9)2-8-5;;;;;;/h1-6,16H,7H2,(H,13,14,15,17);1-7H,(H,13,14,15,17);1-4H;1-3H,(H2,6,7,8);3*1H4;;;/q;;;;;;;;+1;-1. The topological polar surface area (TPSA) is 272 Å². The number of nitrogens with one attached hydrogen (secondary N) is 2. The Bertz CT molecular complexity index is 2040. The number of carbonyl (C=O) groups excluding carboxylic acids is 5. The maximum Gasteiger partial charge on any atom is 1.00 e. The molecule has 0 bridgehead atoms. The maximum atomic E-state index is 11.7. The van der Waals surface area contributed by atoms with Gasteiger partial charge in [0.05, 0.1) is 17.7 Å². The molecule has 5 N–H and O–H groups in total. The molecule has 6 aromatic rings. The summed E-state index contributed by atoms with van der Waals surface area (Å²) < 4.78 is 0. The second-order valence-corrected chi connectivity index (χ2v) is 9.76. The Morgan fingerprint density at radius 3 is 1.23 bits per heavy atom. The first-order valence-electron chi connectivity index (χ1n) is 14.5. The van der Waals surface area contributed by atoms with Gasteiger partial charge in [-0.05, 0) is 48.0 Å². The molecule has 18 nitrogen and oxygen atoms in total. The molecule has 3 radical (unpaired) electrons. The average Bonchev–Trinajstić information content (AvgIpc) is 3.20. The molecule has 6 aromatic heterocycles. The zero-order chi connectivity index (χ0) is 37.6. The third-order valence-electron chi connectivity index (χ3n) is 5.77. The van der Waals surface area contributed by atoms with Gasteiger partial charge in [0.1, 0.15) is 0 Å². The summed E-state index contributed by atoms with van der Waals surface area (Å²) in [4.78, 5) is 88.1. The zero-order valence-corrected chi connectivity index (χ0v) is 31.1. The third kappa shape index (κ3) is 20.9. The number of aldehydes is 2. The van der Waals surface area contributed by atoms with Crippen LogP contribution >= 0.6 is 11.6 Å². The minimum Gasteiger partial charge on any atom is -1.00 e. The number of aliphatic hydroxyl groups is 1. The van der Waals surface area contributed by atoms with Crippen molar-refractivity contribution >= 4 is 67.5 Å². The van der Waals surface area contributed by atoms with Crippen molar-refractivity contribution in [1.29, 1.82) is 0 Å². The molecule has 0 aliphatic carbocycles. The average molecular weight is 806 g/mol. The number of aromatic nitrogens is 9. The van der Waals surface area contributed by atoms with Crippen LogP contribution in [0.15, 0.2) is 111 Å². The van der Waals surface area contributed by atoms with Crippen LogP contribution in [0, 0.1) is 0 Å². The normalized spacial score (nSPS) is 8.67. The van der Waals surface area contributed by atoms with Crippen molar-refractivity contribution < 1.29 is 60.1 Å². The molecule has 57 heavy (non-hydrogen) atoms. The first-order valence-corrected chi connectivity index (χ1v) is 14.8. The van der Waals surface area contributed by atoms with E-state index in [0.717, 1.165) is 0 Å². The number of pyridine rings is 3. The van der Waals surface area contributed by atoms with Gasteiger partial charge >= 0.3 is 29.6 Å². The Balaban J connectivity index is -0.000000336. The molecule has 0 aliphatic rings. The number of hydrogen-bond donors (Lipinski definition) is 4. The summed E-state index contributed by atoms with van der Waals surface area (Å²) >= 11 is 5.14. The summed E-state index contributed by atoms with van der Waals surface area (Å²) in [5.41, 5.74) is 7.94. The van der Waals surface area contributed by atoms with E-state index in [1.807, 2.05) is 0 Å². The van der Waals surface area contributed by atoms with E-state index in [1.54, 1.807) is 36.4 Å². The molecule has 0 fully saturated rings. The number of halogens is 1. The molecule has 6 rings (SSSR count). The fourth-order valence-electron chi connectivity index (χ4n) is 3.21. The molecule has 0 atom stereocenters. The molecule has 0 aliphatic heterocycles. The molecule has 0 aromatic carbocycles. The van der Waals surface area contributed by atoms with Gasteiger partial charge in [-0.2, -0.15) is 0 Å². The fourth-order valence-corrected chi connectivity index (χ4v) is 3.34. The minimum atomic E-state index is -0.447. The van der Waals surface area contributed by atoms with Crippen molar-refractivity contribution in [2.45, 2.75) is 28.9 Å². The molecule has 6 heterocycles. The number of anilines is 3. The minimum absolute atomic E-state index is 0. The van der Waals surface area contributed by atoms with Crippen LogP contribution in [0.25, 0.3) is 0 Å². The number of carbonyl (C=O) groups is 5. The molecule has 0 unspecified atom stereocenters. The number of aliphatic hydroxyl groups excluding tert-OH is 1. The number of nitrogen functional groups attached to an aromatic ring is 1. The number of nitrogens with two attached hydrogens (primary N) is 1. The first-order chi connectivity index (χ1) is 25.2. The van der Waals surface area contributed by atoms with Crippen LogP contribution in [0.4, 0.5) is 17.8 Å². The Hall–Kier alpha value is -6.25. The van der Waals surface area contributed by atoms with Crippen LogP contribution in [-0.4, -0.2) is 88.0 Å². The summed E-state index contributed by atoms with van der Waals surface area (Å²) in [7, 11) is 0. The monoisotopic (exact) mass is 805 g/mol. The largest absolute Gasteiger partial charge is 1.00 e. The molecule has 2 amide bonds.